The lowest BCUT2D eigenvalue weighted by atomic mass is 9.91. The second-order valence-electron chi connectivity index (χ2n) is 8.75. The minimum absolute atomic E-state index is 0.0380. The number of hydrogen-bond donors (Lipinski definition) is 2. The van der Waals surface area contributed by atoms with Crippen molar-refractivity contribution in [2.45, 2.75) is 39.7 Å². The van der Waals surface area contributed by atoms with Crippen LogP contribution in [-0.2, 0) is 0 Å². The Labute approximate surface area is 206 Å². The van der Waals surface area contributed by atoms with Crippen LogP contribution in [0, 0.1) is 5.92 Å². The van der Waals surface area contributed by atoms with E-state index in [1.54, 1.807) is 0 Å². The molecule has 3 aromatic carbocycles. The smallest absolute Gasteiger partial charge is 0.258 e. The molecule has 1 amide bonds. The van der Waals surface area contributed by atoms with Gasteiger partial charge in [0.15, 0.2) is 0 Å². The number of hydrogen-bond acceptors (Lipinski definition) is 5. The Bertz CT molecular complexity index is 1220. The highest BCUT2D eigenvalue weighted by Crippen LogP contribution is 2.31. The molecule has 0 aliphatic rings. The molecule has 0 saturated heterocycles. The Morgan fingerprint density at radius 3 is 2.29 bits per heavy atom. The van der Waals surface area contributed by atoms with Gasteiger partial charge in [0.05, 0.1) is 6.04 Å². The lowest BCUT2D eigenvalue weighted by Crippen LogP contribution is -2.24. The van der Waals surface area contributed by atoms with Gasteiger partial charge >= 0.3 is 0 Å². The SMILES string of the molecule is CCCNC(=O)c1ccc(N[C@H](c2ccc(-c3nc(-c4ccccc4)no3)cc2)C(C)CC)cc1. The first-order valence-corrected chi connectivity index (χ1v) is 12.2. The minimum atomic E-state index is -0.0380. The fraction of sp³-hybridized carbons (Fsp3) is 0.276. The first-order chi connectivity index (χ1) is 17.1. The van der Waals surface area contributed by atoms with Crippen LogP contribution in [0.15, 0.2) is 83.4 Å². The van der Waals surface area contributed by atoms with Gasteiger partial charge in [-0.1, -0.05) is 74.8 Å². The van der Waals surface area contributed by atoms with Crippen molar-refractivity contribution < 1.29 is 9.32 Å². The zero-order valence-electron chi connectivity index (χ0n) is 20.5. The van der Waals surface area contributed by atoms with Gasteiger partial charge in [0.25, 0.3) is 11.8 Å². The largest absolute Gasteiger partial charge is 0.378 e. The predicted molar refractivity (Wildman–Crippen MR) is 140 cm³/mol. The highest BCUT2D eigenvalue weighted by atomic mass is 16.5. The van der Waals surface area contributed by atoms with Gasteiger partial charge in [-0.3, -0.25) is 4.79 Å². The summed E-state index contributed by atoms with van der Waals surface area (Å²) in [5.41, 5.74) is 4.64. The van der Waals surface area contributed by atoms with Gasteiger partial charge in [0.2, 0.25) is 5.82 Å². The Morgan fingerprint density at radius 1 is 0.914 bits per heavy atom. The molecule has 6 nitrogen and oxygen atoms in total. The summed E-state index contributed by atoms with van der Waals surface area (Å²) in [6.45, 7) is 7.15. The first kappa shape index (κ1) is 24.2. The average Bonchev–Trinajstić information content (AvgIpc) is 3.41. The summed E-state index contributed by atoms with van der Waals surface area (Å²) in [5.74, 6) is 1.45. The highest BCUT2D eigenvalue weighted by molar-refractivity contribution is 5.94. The number of anilines is 1. The molecule has 0 saturated carbocycles. The quantitative estimate of drug-likeness (QED) is 0.269. The van der Waals surface area contributed by atoms with Crippen LogP contribution < -0.4 is 10.6 Å². The topological polar surface area (TPSA) is 80.0 Å². The molecule has 0 spiro atoms. The summed E-state index contributed by atoms with van der Waals surface area (Å²) in [4.78, 5) is 16.8. The maximum absolute atomic E-state index is 12.2. The van der Waals surface area contributed by atoms with Crippen molar-refractivity contribution in [3.8, 4) is 22.8 Å². The second-order valence-corrected chi connectivity index (χ2v) is 8.75. The standard InChI is InChI=1S/C29H32N4O2/c1-4-19-30-28(34)23-15-17-25(18-16-23)31-26(20(3)5-2)21-11-13-24(14-12-21)29-32-27(33-35-29)22-9-7-6-8-10-22/h6-18,20,26,31H,4-5,19H2,1-3H3,(H,30,34)/t20?,26-/m0/s1. The maximum atomic E-state index is 12.2. The van der Waals surface area contributed by atoms with Gasteiger partial charge < -0.3 is 15.2 Å². The molecule has 2 N–H and O–H groups in total. The van der Waals surface area contributed by atoms with E-state index >= 15 is 0 Å². The van der Waals surface area contributed by atoms with E-state index < -0.39 is 0 Å². The third kappa shape index (κ3) is 5.96. The van der Waals surface area contributed by atoms with E-state index in [0.717, 1.165) is 29.7 Å². The van der Waals surface area contributed by atoms with E-state index in [1.165, 1.54) is 5.56 Å². The van der Waals surface area contributed by atoms with Gasteiger partial charge in [-0.25, -0.2) is 0 Å². The third-order valence-corrected chi connectivity index (χ3v) is 6.19. The molecule has 35 heavy (non-hydrogen) atoms. The Morgan fingerprint density at radius 2 is 1.63 bits per heavy atom. The number of aromatic nitrogens is 2. The molecule has 4 aromatic rings. The van der Waals surface area contributed by atoms with Gasteiger partial charge in [-0.15, -0.1) is 0 Å². The first-order valence-electron chi connectivity index (χ1n) is 12.2. The normalized spacial score (nSPS) is 12.7. The van der Waals surface area contributed by atoms with Crippen molar-refractivity contribution in [2.75, 3.05) is 11.9 Å². The van der Waals surface area contributed by atoms with Crippen LogP contribution in [0.25, 0.3) is 22.8 Å². The number of carbonyl (C=O) groups excluding carboxylic acids is 1. The van der Waals surface area contributed by atoms with E-state index in [4.69, 9.17) is 4.52 Å². The van der Waals surface area contributed by atoms with Crippen molar-refractivity contribution >= 4 is 11.6 Å². The van der Waals surface area contributed by atoms with E-state index in [9.17, 15) is 4.79 Å². The van der Waals surface area contributed by atoms with Crippen LogP contribution >= 0.6 is 0 Å². The summed E-state index contributed by atoms with van der Waals surface area (Å²) in [5, 5.41) is 10.7. The van der Waals surface area contributed by atoms with E-state index in [-0.39, 0.29) is 11.9 Å². The van der Waals surface area contributed by atoms with Crippen LogP contribution in [-0.4, -0.2) is 22.6 Å². The summed E-state index contributed by atoms with van der Waals surface area (Å²) in [6, 6.07) is 25.8. The van der Waals surface area contributed by atoms with Gasteiger partial charge in [-0.2, -0.15) is 4.98 Å². The molecule has 6 heteroatoms. The Hall–Kier alpha value is -3.93. The van der Waals surface area contributed by atoms with E-state index in [1.807, 2.05) is 73.7 Å². The van der Waals surface area contributed by atoms with E-state index in [2.05, 4.69) is 46.8 Å². The Balaban J connectivity index is 1.49. The fourth-order valence-electron chi connectivity index (χ4n) is 3.91. The summed E-state index contributed by atoms with van der Waals surface area (Å²) in [7, 11) is 0. The summed E-state index contributed by atoms with van der Waals surface area (Å²) >= 11 is 0. The number of nitrogens with zero attached hydrogens (tertiary/aromatic N) is 2. The van der Waals surface area contributed by atoms with Crippen LogP contribution in [0.2, 0.25) is 0 Å². The molecule has 2 atom stereocenters. The van der Waals surface area contributed by atoms with Crippen LogP contribution in [0.1, 0.15) is 55.6 Å². The molecule has 1 aromatic heterocycles. The Kier molecular flexibility index (Phi) is 7.93. The summed E-state index contributed by atoms with van der Waals surface area (Å²) < 4.78 is 5.52. The molecule has 0 aliphatic carbocycles. The van der Waals surface area contributed by atoms with Gasteiger partial charge in [0, 0.05) is 28.9 Å². The lowest BCUT2D eigenvalue weighted by Gasteiger charge is -2.26. The second kappa shape index (κ2) is 11.5. The molecule has 0 fully saturated rings. The lowest BCUT2D eigenvalue weighted by molar-refractivity contribution is 0.0953. The molecule has 4 rings (SSSR count). The molecule has 0 radical (unpaired) electrons. The van der Waals surface area contributed by atoms with Crippen molar-refractivity contribution in [1.29, 1.82) is 0 Å². The molecule has 1 unspecified atom stereocenters. The average molecular weight is 469 g/mol. The zero-order chi connectivity index (χ0) is 24.6. The van der Waals surface area contributed by atoms with Crippen LogP contribution in [0.4, 0.5) is 5.69 Å². The fourth-order valence-corrected chi connectivity index (χ4v) is 3.91. The third-order valence-electron chi connectivity index (χ3n) is 6.19. The monoisotopic (exact) mass is 468 g/mol. The summed E-state index contributed by atoms with van der Waals surface area (Å²) in [6.07, 6.45) is 1.95. The molecular weight excluding hydrogens is 436 g/mol. The predicted octanol–water partition coefficient (Wildman–Crippen LogP) is 6.74. The molecular formula is C29H32N4O2. The van der Waals surface area contributed by atoms with E-state index in [0.29, 0.717) is 29.7 Å². The minimum Gasteiger partial charge on any atom is -0.378 e. The van der Waals surface area contributed by atoms with Crippen molar-refractivity contribution in [2.24, 2.45) is 5.92 Å². The number of nitrogens with one attached hydrogen (secondary N) is 2. The van der Waals surface area contributed by atoms with Gasteiger partial charge in [-0.05, 0) is 54.3 Å². The number of benzene rings is 3. The molecule has 0 aliphatic heterocycles. The van der Waals surface area contributed by atoms with Crippen LogP contribution in [0.3, 0.4) is 0 Å². The van der Waals surface area contributed by atoms with Crippen molar-refractivity contribution in [1.82, 2.24) is 15.5 Å². The highest BCUT2D eigenvalue weighted by Gasteiger charge is 2.19. The molecule has 0 bridgehead atoms. The number of carbonyl (C=O) groups is 1. The van der Waals surface area contributed by atoms with Crippen molar-refractivity contribution in [3.05, 3.63) is 90.0 Å². The number of amides is 1. The molecule has 180 valence electrons. The zero-order valence-corrected chi connectivity index (χ0v) is 20.5. The van der Waals surface area contributed by atoms with Crippen molar-refractivity contribution in [3.63, 3.8) is 0 Å². The number of rotatable bonds is 10. The van der Waals surface area contributed by atoms with Gasteiger partial charge in [0.1, 0.15) is 0 Å². The maximum Gasteiger partial charge on any atom is 0.258 e. The van der Waals surface area contributed by atoms with Crippen LogP contribution in [0.5, 0.6) is 0 Å². The molecule has 1 heterocycles.